The van der Waals surface area contributed by atoms with Crippen LogP contribution in [0.25, 0.3) is 0 Å². The average Bonchev–Trinajstić information content (AvgIpc) is 3.21. The minimum absolute atomic E-state index is 0.00767. The van der Waals surface area contributed by atoms with E-state index in [4.69, 9.17) is 21.1 Å². The van der Waals surface area contributed by atoms with Crippen LogP contribution in [0.1, 0.15) is 73.9 Å². The number of allylic oxidation sites excluding steroid dienone is 1. The molecule has 1 aliphatic carbocycles. The number of nitrogens with zero attached hydrogens (tertiary/aromatic N) is 2. The van der Waals surface area contributed by atoms with E-state index < -0.39 is 28.6 Å². The number of methoxy groups -OCH3 is 1. The van der Waals surface area contributed by atoms with Gasteiger partial charge in [0.05, 0.1) is 17.5 Å². The number of aliphatic hydroxyl groups is 1. The third-order valence-electron chi connectivity index (χ3n) is 10.5. The van der Waals surface area contributed by atoms with Crippen molar-refractivity contribution < 1.29 is 28.4 Å². The summed E-state index contributed by atoms with van der Waals surface area (Å²) in [4.78, 5) is 30.6. The second-order valence-electron chi connectivity index (χ2n) is 13.9. The lowest BCUT2D eigenvalue weighted by atomic mass is 9.62. The van der Waals surface area contributed by atoms with Crippen molar-refractivity contribution in [1.29, 1.82) is 0 Å². The Hall–Kier alpha value is -2.92. The Kier molecular flexibility index (Phi) is 11.6. The number of benzene rings is 2. The summed E-state index contributed by atoms with van der Waals surface area (Å²) in [5.74, 6) is -0.363. The van der Waals surface area contributed by atoms with Crippen LogP contribution in [0.15, 0.2) is 48.6 Å². The molecule has 2 aromatic rings. The van der Waals surface area contributed by atoms with E-state index in [1.807, 2.05) is 44.2 Å². The summed E-state index contributed by atoms with van der Waals surface area (Å²) in [6.45, 7) is 7.58. The van der Waals surface area contributed by atoms with Gasteiger partial charge in [-0.05, 0) is 91.8 Å². The summed E-state index contributed by atoms with van der Waals surface area (Å²) in [5.41, 5.74) is 1.97. The van der Waals surface area contributed by atoms with Crippen LogP contribution in [0.4, 0.5) is 5.69 Å². The molecule has 2 amide bonds. The summed E-state index contributed by atoms with van der Waals surface area (Å²) in [5, 5.41) is 12.9. The van der Waals surface area contributed by atoms with Gasteiger partial charge in [-0.15, -0.1) is 0 Å². The highest BCUT2D eigenvalue weighted by molar-refractivity contribution is 7.84. The molecular formula is C37H50ClN3O6S. The molecule has 2 heterocycles. The molecular weight excluding hydrogens is 650 g/mol. The highest BCUT2D eigenvalue weighted by atomic mass is 35.5. The van der Waals surface area contributed by atoms with Crippen molar-refractivity contribution in [3.8, 4) is 5.75 Å². The normalized spacial score (nSPS) is 30.5. The average molecular weight is 700 g/mol. The van der Waals surface area contributed by atoms with Gasteiger partial charge in [-0.1, -0.05) is 50.1 Å². The zero-order valence-corrected chi connectivity index (χ0v) is 30.5. The summed E-state index contributed by atoms with van der Waals surface area (Å²) in [6.07, 6.45) is 6.47. The smallest absolute Gasteiger partial charge is 0.263 e. The molecule has 8 unspecified atom stereocenters. The number of carbonyl (C=O) groups is 2. The van der Waals surface area contributed by atoms with Crippen LogP contribution in [0.3, 0.4) is 0 Å². The number of ether oxygens (including phenoxy) is 2. The molecule has 2 N–H and O–H groups in total. The standard InChI is InChI=1S/C37H50ClN3O6S/c1-7-9-25-18-29(38)13-14-30(25)28-21-41-20-27-11-15-31(27)37(44,34(46-6)36(43)40(4)5)17-8-10-23(2)24(3)48(45)39-35(42)26-12-16-33(47-22-28)32(41)19-26/h8,12-14,16-19,23-24,27-28,31,34,44H,7,9-11,15,20-22H2,1-6H3,(H,39,42)/b17-8+. The maximum Gasteiger partial charge on any atom is 0.263 e. The minimum Gasteiger partial charge on any atom is -0.491 e. The molecule has 0 radical (unpaired) electrons. The van der Waals surface area contributed by atoms with Crippen LogP contribution < -0.4 is 14.4 Å². The number of halogens is 1. The first-order valence-electron chi connectivity index (χ1n) is 17.0. The van der Waals surface area contributed by atoms with Gasteiger partial charge in [0.1, 0.15) is 22.3 Å². The largest absolute Gasteiger partial charge is 0.491 e. The van der Waals surface area contributed by atoms with E-state index in [0.717, 1.165) is 31.4 Å². The molecule has 0 spiro atoms. The fraction of sp³-hybridized carbons (Fsp3) is 0.568. The van der Waals surface area contributed by atoms with Gasteiger partial charge in [0.2, 0.25) is 0 Å². The Morgan fingerprint density at radius 2 is 1.98 bits per heavy atom. The molecule has 48 heavy (non-hydrogen) atoms. The Bertz CT molecular complexity index is 1550. The number of rotatable bonds is 6. The molecule has 1 saturated carbocycles. The number of amides is 2. The van der Waals surface area contributed by atoms with Gasteiger partial charge in [-0.2, -0.15) is 0 Å². The zero-order chi connectivity index (χ0) is 34.7. The van der Waals surface area contributed by atoms with Crippen LogP contribution in [-0.4, -0.2) is 83.9 Å². The maximum absolute atomic E-state index is 13.4. The number of nitrogens with one attached hydrogen (secondary N) is 1. The van der Waals surface area contributed by atoms with E-state index in [-0.39, 0.29) is 34.8 Å². The Morgan fingerprint density at radius 3 is 2.65 bits per heavy atom. The maximum atomic E-state index is 13.4. The predicted octanol–water partition coefficient (Wildman–Crippen LogP) is 5.51. The highest BCUT2D eigenvalue weighted by Crippen LogP contribution is 2.47. The summed E-state index contributed by atoms with van der Waals surface area (Å²) in [7, 11) is 3.15. The second-order valence-corrected chi connectivity index (χ2v) is 15.9. The minimum atomic E-state index is -1.65. The van der Waals surface area contributed by atoms with E-state index in [0.29, 0.717) is 42.5 Å². The van der Waals surface area contributed by atoms with Crippen molar-refractivity contribution in [2.75, 3.05) is 45.8 Å². The van der Waals surface area contributed by atoms with Crippen molar-refractivity contribution >= 4 is 40.1 Å². The second kappa shape index (κ2) is 15.3. The van der Waals surface area contributed by atoms with Crippen LogP contribution in [0.2, 0.25) is 5.02 Å². The fourth-order valence-corrected chi connectivity index (χ4v) is 8.59. The third kappa shape index (κ3) is 7.47. The van der Waals surface area contributed by atoms with Gasteiger partial charge in [0.25, 0.3) is 11.8 Å². The zero-order valence-electron chi connectivity index (χ0n) is 28.9. The molecule has 3 aliphatic rings. The van der Waals surface area contributed by atoms with Gasteiger partial charge < -0.3 is 24.4 Å². The third-order valence-corrected chi connectivity index (χ3v) is 12.3. The number of anilines is 1. The van der Waals surface area contributed by atoms with Crippen LogP contribution in [-0.2, 0) is 26.9 Å². The van der Waals surface area contributed by atoms with E-state index in [1.165, 1.54) is 23.1 Å². The molecule has 11 heteroatoms. The first-order chi connectivity index (χ1) is 22.9. The van der Waals surface area contributed by atoms with Gasteiger partial charge in [0, 0.05) is 50.8 Å². The van der Waals surface area contributed by atoms with Gasteiger partial charge in [-0.3, -0.25) is 14.3 Å². The first kappa shape index (κ1) is 36.4. The number of hydrogen-bond acceptors (Lipinski definition) is 7. The number of carbonyl (C=O) groups excluding carboxylic acids is 2. The Balaban J connectivity index is 1.60. The number of likely N-dealkylation sites (N-methyl/N-ethyl adjacent to an activating group) is 1. The molecule has 5 rings (SSSR count). The molecule has 0 aromatic heterocycles. The highest BCUT2D eigenvalue weighted by Gasteiger charge is 2.53. The summed E-state index contributed by atoms with van der Waals surface area (Å²) >= 11 is 6.43. The van der Waals surface area contributed by atoms with Crippen LogP contribution in [0.5, 0.6) is 5.75 Å². The topological polar surface area (TPSA) is 108 Å². The monoisotopic (exact) mass is 699 g/mol. The van der Waals surface area contributed by atoms with Gasteiger partial charge in [-0.25, -0.2) is 4.21 Å². The first-order valence-corrected chi connectivity index (χ1v) is 18.6. The Labute approximate surface area is 292 Å². The molecule has 262 valence electrons. The van der Waals surface area contributed by atoms with Crippen molar-refractivity contribution in [1.82, 2.24) is 9.62 Å². The summed E-state index contributed by atoms with van der Waals surface area (Å²) in [6, 6.07) is 11.4. The van der Waals surface area contributed by atoms with Gasteiger partial charge >= 0.3 is 0 Å². The van der Waals surface area contributed by atoms with Crippen LogP contribution >= 0.6 is 11.6 Å². The number of fused-ring (bicyclic) bond motifs is 2. The fourth-order valence-electron chi connectivity index (χ4n) is 7.38. The van der Waals surface area contributed by atoms with E-state index >= 15 is 0 Å². The SMILES string of the molecule is CCCc1cc(Cl)ccc1C1COc2ccc3cc2N(C1)CC1CCC1C(O)(C(OC)C(=O)N(C)C)/C=C/CC(C)C(C)S(=O)NC3=O. The molecule has 1 fully saturated rings. The molecule has 9 nitrogen and oxygen atoms in total. The predicted molar refractivity (Wildman–Crippen MR) is 191 cm³/mol. The van der Waals surface area contributed by atoms with Crippen molar-refractivity contribution in [2.24, 2.45) is 17.8 Å². The van der Waals surface area contributed by atoms with Gasteiger partial charge in [0.15, 0.2) is 6.10 Å². The van der Waals surface area contributed by atoms with Crippen molar-refractivity contribution in [3.63, 3.8) is 0 Å². The quantitative estimate of drug-likeness (QED) is 0.383. The van der Waals surface area contributed by atoms with Crippen molar-refractivity contribution in [3.05, 3.63) is 70.3 Å². The molecule has 2 aliphatic heterocycles. The van der Waals surface area contributed by atoms with E-state index in [1.54, 1.807) is 26.2 Å². The molecule has 2 aromatic carbocycles. The van der Waals surface area contributed by atoms with Crippen LogP contribution in [0, 0.1) is 17.8 Å². The van der Waals surface area contributed by atoms with E-state index in [2.05, 4.69) is 22.6 Å². The molecule has 8 atom stereocenters. The number of hydrogen-bond donors (Lipinski definition) is 2. The number of aryl methyl sites for hydroxylation is 1. The molecule has 0 saturated heterocycles. The molecule has 2 bridgehead atoms. The van der Waals surface area contributed by atoms with E-state index in [9.17, 15) is 18.9 Å². The lowest BCUT2D eigenvalue weighted by Crippen LogP contribution is -2.60. The Morgan fingerprint density at radius 1 is 1.21 bits per heavy atom. The summed E-state index contributed by atoms with van der Waals surface area (Å²) < 4.78 is 28.3. The van der Waals surface area contributed by atoms with Crippen molar-refractivity contribution in [2.45, 2.75) is 75.7 Å². The lowest BCUT2D eigenvalue weighted by Gasteiger charge is -2.50. The lowest BCUT2D eigenvalue weighted by molar-refractivity contribution is -0.168.